The number of nitrogens with zero attached hydrogens (tertiary/aromatic N) is 3. The molecule has 0 radical (unpaired) electrons. The van der Waals surface area contributed by atoms with Crippen molar-refractivity contribution >= 4 is 17.5 Å². The number of nitrogens with one attached hydrogen (secondary N) is 1. The summed E-state index contributed by atoms with van der Waals surface area (Å²) in [7, 11) is 0. The number of aromatic nitrogens is 1. The zero-order chi connectivity index (χ0) is 18.7. The van der Waals surface area contributed by atoms with Crippen LogP contribution in [-0.2, 0) is 4.79 Å². The van der Waals surface area contributed by atoms with Gasteiger partial charge < -0.3 is 14.7 Å². The Balaban J connectivity index is 1.50. The standard InChI is InChI=1S/C18H21FN4O3/c1-12-17(13(2)26-21-12)18(25)23-9-7-22(8-10-23)11-16(24)20-15-5-3-14(19)4-6-15/h3-6H,7-11H2,1-2H3,(H,20,24). The van der Waals surface area contributed by atoms with Gasteiger partial charge in [0.1, 0.15) is 17.1 Å². The van der Waals surface area contributed by atoms with E-state index in [0.29, 0.717) is 48.9 Å². The van der Waals surface area contributed by atoms with Crippen molar-refractivity contribution in [1.82, 2.24) is 15.0 Å². The fourth-order valence-electron chi connectivity index (χ4n) is 2.99. The van der Waals surface area contributed by atoms with E-state index in [-0.39, 0.29) is 24.2 Å². The number of hydrogen-bond donors (Lipinski definition) is 1. The van der Waals surface area contributed by atoms with Crippen molar-refractivity contribution in [3.8, 4) is 0 Å². The van der Waals surface area contributed by atoms with Gasteiger partial charge in [-0.3, -0.25) is 14.5 Å². The lowest BCUT2D eigenvalue weighted by molar-refractivity contribution is -0.117. The summed E-state index contributed by atoms with van der Waals surface area (Å²) in [5.41, 5.74) is 1.67. The highest BCUT2D eigenvalue weighted by Gasteiger charge is 2.27. The number of carbonyl (C=O) groups is 2. The van der Waals surface area contributed by atoms with Gasteiger partial charge in [-0.25, -0.2) is 4.39 Å². The number of amides is 2. The van der Waals surface area contributed by atoms with E-state index in [4.69, 9.17) is 4.52 Å². The topological polar surface area (TPSA) is 78.7 Å². The van der Waals surface area contributed by atoms with E-state index >= 15 is 0 Å². The fourth-order valence-corrected chi connectivity index (χ4v) is 2.99. The SMILES string of the molecule is Cc1noc(C)c1C(=O)N1CCN(CC(=O)Nc2ccc(F)cc2)CC1. The zero-order valence-electron chi connectivity index (χ0n) is 14.8. The van der Waals surface area contributed by atoms with E-state index in [1.807, 2.05) is 4.90 Å². The molecule has 8 heteroatoms. The number of aryl methyl sites for hydroxylation is 2. The number of carbonyl (C=O) groups excluding carboxylic acids is 2. The molecule has 1 aliphatic heterocycles. The van der Waals surface area contributed by atoms with Crippen LogP contribution in [0.15, 0.2) is 28.8 Å². The van der Waals surface area contributed by atoms with Crippen LogP contribution >= 0.6 is 0 Å². The molecule has 0 unspecified atom stereocenters. The van der Waals surface area contributed by atoms with Crippen molar-refractivity contribution in [3.05, 3.63) is 47.1 Å². The maximum atomic E-state index is 12.9. The van der Waals surface area contributed by atoms with E-state index in [1.165, 1.54) is 24.3 Å². The van der Waals surface area contributed by atoms with Crippen LogP contribution in [0.25, 0.3) is 0 Å². The van der Waals surface area contributed by atoms with Gasteiger partial charge in [-0.2, -0.15) is 0 Å². The highest BCUT2D eigenvalue weighted by atomic mass is 19.1. The summed E-state index contributed by atoms with van der Waals surface area (Å²) < 4.78 is 17.9. The third-order valence-corrected chi connectivity index (χ3v) is 4.40. The van der Waals surface area contributed by atoms with E-state index < -0.39 is 0 Å². The Bertz CT molecular complexity index is 776. The van der Waals surface area contributed by atoms with Gasteiger partial charge in [0.15, 0.2) is 0 Å². The average Bonchev–Trinajstić information content (AvgIpc) is 2.95. The monoisotopic (exact) mass is 360 g/mol. The molecule has 3 rings (SSSR count). The Morgan fingerprint density at radius 2 is 1.81 bits per heavy atom. The molecule has 2 aromatic rings. The first-order chi connectivity index (χ1) is 12.4. The minimum atomic E-state index is -0.345. The van der Waals surface area contributed by atoms with Crippen molar-refractivity contribution in [1.29, 1.82) is 0 Å². The van der Waals surface area contributed by atoms with Crippen molar-refractivity contribution < 1.29 is 18.5 Å². The maximum absolute atomic E-state index is 12.9. The van der Waals surface area contributed by atoms with Crippen molar-refractivity contribution in [2.75, 3.05) is 38.0 Å². The van der Waals surface area contributed by atoms with Crippen LogP contribution in [0.3, 0.4) is 0 Å². The third kappa shape index (κ3) is 4.08. The largest absolute Gasteiger partial charge is 0.361 e. The van der Waals surface area contributed by atoms with Crippen LogP contribution < -0.4 is 5.32 Å². The Labute approximate surface area is 150 Å². The van der Waals surface area contributed by atoms with Crippen LogP contribution in [0.1, 0.15) is 21.8 Å². The molecule has 26 heavy (non-hydrogen) atoms. The maximum Gasteiger partial charge on any atom is 0.259 e. The van der Waals surface area contributed by atoms with Crippen molar-refractivity contribution in [2.45, 2.75) is 13.8 Å². The number of anilines is 1. The van der Waals surface area contributed by atoms with Gasteiger partial charge >= 0.3 is 0 Å². The number of rotatable bonds is 4. The van der Waals surface area contributed by atoms with Crippen molar-refractivity contribution in [2.24, 2.45) is 0 Å². The second-order valence-corrected chi connectivity index (χ2v) is 6.32. The molecule has 1 aliphatic rings. The van der Waals surface area contributed by atoms with Crippen LogP contribution in [0.5, 0.6) is 0 Å². The number of halogens is 1. The summed E-state index contributed by atoms with van der Waals surface area (Å²) in [4.78, 5) is 28.4. The highest BCUT2D eigenvalue weighted by molar-refractivity contribution is 5.96. The first-order valence-electron chi connectivity index (χ1n) is 8.44. The van der Waals surface area contributed by atoms with Crippen LogP contribution in [0.4, 0.5) is 10.1 Å². The Hall–Kier alpha value is -2.74. The number of piperazine rings is 1. The number of hydrogen-bond acceptors (Lipinski definition) is 5. The van der Waals surface area contributed by atoms with Crippen LogP contribution in [0.2, 0.25) is 0 Å². The number of benzene rings is 1. The summed E-state index contributed by atoms with van der Waals surface area (Å²) >= 11 is 0. The normalized spacial score (nSPS) is 15.1. The summed E-state index contributed by atoms with van der Waals surface area (Å²) in [6.07, 6.45) is 0. The molecule has 1 N–H and O–H groups in total. The lowest BCUT2D eigenvalue weighted by atomic mass is 10.1. The van der Waals surface area contributed by atoms with Crippen molar-refractivity contribution in [3.63, 3.8) is 0 Å². The molecule has 2 heterocycles. The molecule has 1 fully saturated rings. The lowest BCUT2D eigenvalue weighted by Gasteiger charge is -2.34. The minimum absolute atomic E-state index is 0.0864. The molecule has 0 aliphatic carbocycles. The minimum Gasteiger partial charge on any atom is -0.361 e. The molecule has 0 spiro atoms. The van der Waals surface area contributed by atoms with Gasteiger partial charge in [-0.15, -0.1) is 0 Å². The molecule has 1 saturated heterocycles. The van der Waals surface area contributed by atoms with Gasteiger partial charge in [0.05, 0.1) is 12.2 Å². The molecule has 1 aromatic heterocycles. The molecular formula is C18H21FN4O3. The molecule has 2 amide bonds. The Kier molecular flexibility index (Phi) is 5.32. The van der Waals surface area contributed by atoms with E-state index in [2.05, 4.69) is 10.5 Å². The summed E-state index contributed by atoms with van der Waals surface area (Å²) in [5, 5.41) is 6.56. The molecule has 0 saturated carbocycles. The summed E-state index contributed by atoms with van der Waals surface area (Å²) in [5.74, 6) is -0.0746. The van der Waals surface area contributed by atoms with Gasteiger partial charge in [-0.05, 0) is 38.1 Å². The van der Waals surface area contributed by atoms with E-state index in [9.17, 15) is 14.0 Å². The van der Waals surface area contributed by atoms with Gasteiger partial charge in [0.25, 0.3) is 5.91 Å². The van der Waals surface area contributed by atoms with Crippen LogP contribution in [-0.4, -0.2) is 59.5 Å². The summed E-state index contributed by atoms with van der Waals surface area (Å²) in [6.45, 7) is 5.98. The first-order valence-corrected chi connectivity index (χ1v) is 8.44. The van der Waals surface area contributed by atoms with Crippen LogP contribution in [0, 0.1) is 19.7 Å². The molecule has 0 bridgehead atoms. The molecular weight excluding hydrogens is 339 g/mol. The molecule has 138 valence electrons. The second-order valence-electron chi connectivity index (χ2n) is 6.32. The van der Waals surface area contributed by atoms with E-state index in [1.54, 1.807) is 18.7 Å². The Morgan fingerprint density at radius 1 is 1.15 bits per heavy atom. The smallest absolute Gasteiger partial charge is 0.259 e. The van der Waals surface area contributed by atoms with E-state index in [0.717, 1.165) is 0 Å². The predicted octanol–water partition coefficient (Wildman–Crippen LogP) is 1.83. The second kappa shape index (κ2) is 7.65. The van der Waals surface area contributed by atoms with Gasteiger partial charge in [0.2, 0.25) is 5.91 Å². The zero-order valence-corrected chi connectivity index (χ0v) is 14.8. The van der Waals surface area contributed by atoms with Gasteiger partial charge in [0, 0.05) is 31.9 Å². The summed E-state index contributed by atoms with van der Waals surface area (Å²) in [6, 6.07) is 5.64. The Morgan fingerprint density at radius 3 is 2.38 bits per heavy atom. The quantitative estimate of drug-likeness (QED) is 0.900. The first kappa shape index (κ1) is 18.1. The third-order valence-electron chi connectivity index (χ3n) is 4.40. The molecule has 0 atom stereocenters. The fraction of sp³-hybridized carbons (Fsp3) is 0.389. The lowest BCUT2D eigenvalue weighted by Crippen LogP contribution is -2.50. The molecule has 1 aromatic carbocycles. The highest BCUT2D eigenvalue weighted by Crippen LogP contribution is 2.16. The van der Waals surface area contributed by atoms with Gasteiger partial charge in [-0.1, -0.05) is 5.16 Å². The average molecular weight is 360 g/mol. The predicted molar refractivity (Wildman–Crippen MR) is 93.4 cm³/mol. The molecule has 7 nitrogen and oxygen atoms in total.